The largest absolute Gasteiger partial charge is 0.277 e. The van der Waals surface area contributed by atoms with Crippen molar-refractivity contribution < 1.29 is 9.63 Å². The van der Waals surface area contributed by atoms with E-state index in [4.69, 9.17) is 4.84 Å². The summed E-state index contributed by atoms with van der Waals surface area (Å²) in [5.41, 5.74) is 2.49. The standard InChI is InChI=1S/C15H14BrNO2/c1-17(19-2)15(18)13-9-8-12(16)10-14(13)11-6-4-3-5-7-11/h3-10H,1-2H3. The Kier molecular flexibility index (Phi) is 4.35. The van der Waals surface area contributed by atoms with Crippen LogP contribution in [0.4, 0.5) is 0 Å². The number of hydroxylamine groups is 2. The molecule has 0 radical (unpaired) electrons. The van der Waals surface area contributed by atoms with E-state index in [1.54, 1.807) is 13.1 Å². The van der Waals surface area contributed by atoms with Gasteiger partial charge in [0.15, 0.2) is 0 Å². The van der Waals surface area contributed by atoms with E-state index in [0.29, 0.717) is 5.56 Å². The number of hydrogen-bond donors (Lipinski definition) is 0. The molecule has 0 spiro atoms. The summed E-state index contributed by atoms with van der Waals surface area (Å²) in [6.07, 6.45) is 0. The lowest BCUT2D eigenvalue weighted by Gasteiger charge is -2.16. The predicted molar refractivity (Wildman–Crippen MR) is 78.7 cm³/mol. The SMILES string of the molecule is CON(C)C(=O)c1ccc(Br)cc1-c1ccccc1. The summed E-state index contributed by atoms with van der Waals surface area (Å²) in [4.78, 5) is 17.2. The Morgan fingerprint density at radius 2 is 1.84 bits per heavy atom. The molecule has 0 aliphatic carbocycles. The Morgan fingerprint density at radius 1 is 1.16 bits per heavy atom. The fourth-order valence-corrected chi connectivity index (χ4v) is 2.17. The van der Waals surface area contributed by atoms with Crippen molar-refractivity contribution in [2.75, 3.05) is 14.2 Å². The summed E-state index contributed by atoms with van der Waals surface area (Å²) in [6, 6.07) is 15.4. The molecule has 0 bridgehead atoms. The van der Waals surface area contributed by atoms with Crippen molar-refractivity contribution in [2.45, 2.75) is 0 Å². The summed E-state index contributed by atoms with van der Waals surface area (Å²) in [7, 11) is 3.07. The van der Waals surface area contributed by atoms with Crippen molar-refractivity contribution >= 4 is 21.8 Å². The maximum Gasteiger partial charge on any atom is 0.277 e. The highest BCUT2D eigenvalue weighted by Crippen LogP contribution is 2.28. The second kappa shape index (κ2) is 5.99. The molecule has 98 valence electrons. The van der Waals surface area contributed by atoms with E-state index in [0.717, 1.165) is 15.6 Å². The number of nitrogens with zero attached hydrogens (tertiary/aromatic N) is 1. The number of carbonyl (C=O) groups excluding carboxylic acids is 1. The number of hydrogen-bond acceptors (Lipinski definition) is 2. The molecule has 0 N–H and O–H groups in total. The fourth-order valence-electron chi connectivity index (χ4n) is 1.81. The quantitative estimate of drug-likeness (QED) is 0.806. The smallest absolute Gasteiger partial charge is 0.274 e. The van der Waals surface area contributed by atoms with Crippen LogP contribution in [0.15, 0.2) is 53.0 Å². The summed E-state index contributed by atoms with van der Waals surface area (Å²) in [5.74, 6) is -0.172. The van der Waals surface area contributed by atoms with E-state index in [1.165, 1.54) is 12.2 Å². The molecule has 0 aromatic heterocycles. The molecular weight excluding hydrogens is 306 g/mol. The number of halogens is 1. The normalized spacial score (nSPS) is 10.3. The second-order valence-electron chi connectivity index (χ2n) is 4.04. The van der Waals surface area contributed by atoms with Crippen molar-refractivity contribution in [3.05, 3.63) is 58.6 Å². The van der Waals surface area contributed by atoms with Gasteiger partial charge in [0, 0.05) is 17.1 Å². The minimum atomic E-state index is -0.172. The molecule has 3 nitrogen and oxygen atoms in total. The van der Waals surface area contributed by atoms with E-state index in [1.807, 2.05) is 42.5 Å². The van der Waals surface area contributed by atoms with E-state index >= 15 is 0 Å². The first kappa shape index (κ1) is 13.8. The molecule has 1 amide bonds. The van der Waals surface area contributed by atoms with Gasteiger partial charge in [0.1, 0.15) is 0 Å². The van der Waals surface area contributed by atoms with Crippen molar-refractivity contribution in [3.8, 4) is 11.1 Å². The van der Waals surface area contributed by atoms with Crippen LogP contribution in [0.2, 0.25) is 0 Å². The number of benzene rings is 2. The van der Waals surface area contributed by atoms with Gasteiger partial charge in [0.25, 0.3) is 5.91 Å². The Balaban J connectivity index is 2.54. The van der Waals surface area contributed by atoms with Gasteiger partial charge in [-0.3, -0.25) is 9.63 Å². The van der Waals surface area contributed by atoms with Crippen LogP contribution < -0.4 is 0 Å². The maximum absolute atomic E-state index is 12.3. The monoisotopic (exact) mass is 319 g/mol. The highest BCUT2D eigenvalue weighted by atomic mass is 79.9. The van der Waals surface area contributed by atoms with Gasteiger partial charge in [0.05, 0.1) is 7.11 Å². The Hall–Kier alpha value is -1.65. The van der Waals surface area contributed by atoms with Gasteiger partial charge in [-0.15, -0.1) is 0 Å². The fraction of sp³-hybridized carbons (Fsp3) is 0.133. The first-order valence-corrected chi connectivity index (χ1v) is 6.60. The molecule has 2 aromatic carbocycles. The molecule has 0 fully saturated rings. The van der Waals surface area contributed by atoms with Crippen LogP contribution in [0, 0.1) is 0 Å². The number of rotatable bonds is 3. The highest BCUT2D eigenvalue weighted by molar-refractivity contribution is 9.10. The zero-order valence-corrected chi connectivity index (χ0v) is 12.3. The van der Waals surface area contributed by atoms with Crippen LogP contribution in [0.25, 0.3) is 11.1 Å². The molecule has 0 unspecified atom stereocenters. The van der Waals surface area contributed by atoms with Gasteiger partial charge in [-0.25, -0.2) is 5.06 Å². The van der Waals surface area contributed by atoms with Gasteiger partial charge in [-0.1, -0.05) is 46.3 Å². The predicted octanol–water partition coefficient (Wildman–Crippen LogP) is 3.75. The van der Waals surface area contributed by atoms with Crippen molar-refractivity contribution in [1.82, 2.24) is 5.06 Å². The van der Waals surface area contributed by atoms with Crippen molar-refractivity contribution in [2.24, 2.45) is 0 Å². The maximum atomic E-state index is 12.3. The molecule has 0 aliphatic rings. The van der Waals surface area contributed by atoms with E-state index in [9.17, 15) is 4.79 Å². The lowest BCUT2D eigenvalue weighted by atomic mass is 9.99. The lowest BCUT2D eigenvalue weighted by molar-refractivity contribution is -0.0756. The highest BCUT2D eigenvalue weighted by Gasteiger charge is 2.16. The van der Waals surface area contributed by atoms with Crippen molar-refractivity contribution in [1.29, 1.82) is 0 Å². The molecular formula is C15H14BrNO2. The molecule has 0 heterocycles. The van der Waals surface area contributed by atoms with E-state index in [-0.39, 0.29) is 5.91 Å². The van der Waals surface area contributed by atoms with Gasteiger partial charge in [0.2, 0.25) is 0 Å². The summed E-state index contributed by atoms with van der Waals surface area (Å²) >= 11 is 3.44. The van der Waals surface area contributed by atoms with Crippen LogP contribution in [0.3, 0.4) is 0 Å². The minimum absolute atomic E-state index is 0.172. The first-order chi connectivity index (χ1) is 9.13. The summed E-state index contributed by atoms with van der Waals surface area (Å²) < 4.78 is 0.933. The van der Waals surface area contributed by atoms with Crippen LogP contribution in [0.1, 0.15) is 10.4 Å². The Morgan fingerprint density at radius 3 is 2.47 bits per heavy atom. The molecule has 19 heavy (non-hydrogen) atoms. The summed E-state index contributed by atoms with van der Waals surface area (Å²) in [6.45, 7) is 0. The molecule has 2 aromatic rings. The first-order valence-electron chi connectivity index (χ1n) is 5.80. The summed E-state index contributed by atoms with van der Waals surface area (Å²) in [5, 5.41) is 1.22. The van der Waals surface area contributed by atoms with E-state index in [2.05, 4.69) is 15.9 Å². The molecule has 4 heteroatoms. The van der Waals surface area contributed by atoms with Crippen molar-refractivity contribution in [3.63, 3.8) is 0 Å². The average molecular weight is 320 g/mol. The van der Waals surface area contributed by atoms with Gasteiger partial charge in [-0.05, 0) is 29.3 Å². The molecule has 0 aliphatic heterocycles. The van der Waals surface area contributed by atoms with Crippen LogP contribution >= 0.6 is 15.9 Å². The van der Waals surface area contributed by atoms with E-state index < -0.39 is 0 Å². The molecule has 0 atom stereocenters. The third-order valence-electron chi connectivity index (χ3n) is 2.86. The number of amides is 1. The minimum Gasteiger partial charge on any atom is -0.274 e. The number of carbonyl (C=O) groups is 1. The Bertz CT molecular complexity index is 584. The molecule has 0 saturated carbocycles. The zero-order chi connectivity index (χ0) is 13.8. The average Bonchev–Trinajstić information content (AvgIpc) is 2.46. The third kappa shape index (κ3) is 3.03. The topological polar surface area (TPSA) is 29.5 Å². The van der Waals surface area contributed by atoms with Gasteiger partial charge >= 0.3 is 0 Å². The van der Waals surface area contributed by atoms with Crippen LogP contribution in [-0.4, -0.2) is 25.1 Å². The van der Waals surface area contributed by atoms with Gasteiger partial charge < -0.3 is 0 Å². The lowest BCUT2D eigenvalue weighted by Crippen LogP contribution is -2.25. The van der Waals surface area contributed by atoms with Gasteiger partial charge in [-0.2, -0.15) is 0 Å². The van der Waals surface area contributed by atoms with Crippen LogP contribution in [0.5, 0.6) is 0 Å². The second-order valence-corrected chi connectivity index (χ2v) is 4.96. The third-order valence-corrected chi connectivity index (χ3v) is 3.35. The van der Waals surface area contributed by atoms with Crippen LogP contribution in [-0.2, 0) is 4.84 Å². The molecule has 0 saturated heterocycles. The Labute approximate surface area is 120 Å². The zero-order valence-electron chi connectivity index (χ0n) is 10.8. The molecule has 2 rings (SSSR count).